The maximum Gasteiger partial charge on any atom is 0.165 e. The van der Waals surface area contributed by atoms with Crippen LogP contribution >= 0.6 is 0 Å². The number of nitrogen functional groups attached to an aromatic ring is 1. The number of nitrogens with zero attached hydrogens (tertiary/aromatic N) is 1. The van der Waals surface area contributed by atoms with Gasteiger partial charge >= 0.3 is 0 Å². The van der Waals surface area contributed by atoms with Crippen LogP contribution in [0.2, 0.25) is 0 Å². The molecule has 0 aromatic carbocycles. The second-order valence-corrected chi connectivity index (χ2v) is 3.26. The van der Waals surface area contributed by atoms with Crippen molar-refractivity contribution in [3.8, 4) is 5.75 Å². The summed E-state index contributed by atoms with van der Waals surface area (Å²) in [5.41, 5.74) is 10.8. The first-order valence-corrected chi connectivity index (χ1v) is 4.57. The van der Waals surface area contributed by atoms with Gasteiger partial charge in [0.15, 0.2) is 11.6 Å². The van der Waals surface area contributed by atoms with Crippen LogP contribution in [0.4, 0.5) is 5.82 Å². The Kier molecular flexibility index (Phi) is 3.84. The molecule has 0 saturated heterocycles. The zero-order chi connectivity index (χ0) is 11.4. The Morgan fingerprint density at radius 2 is 2.07 bits per heavy atom. The summed E-state index contributed by atoms with van der Waals surface area (Å²) < 4.78 is 0. The minimum absolute atomic E-state index is 0.0146. The van der Waals surface area contributed by atoms with E-state index in [1.807, 2.05) is 0 Å². The number of aromatic nitrogens is 1. The van der Waals surface area contributed by atoms with Crippen LogP contribution in [0.3, 0.4) is 0 Å². The normalized spacial score (nSPS) is 14.9. The minimum Gasteiger partial charge on any atom is -0.504 e. The zero-order valence-corrected chi connectivity index (χ0v) is 8.17. The lowest BCUT2D eigenvalue weighted by atomic mass is 10.0. The molecule has 6 nitrogen and oxygen atoms in total. The third-order valence-corrected chi connectivity index (χ3v) is 2.09. The van der Waals surface area contributed by atoms with E-state index in [0.717, 1.165) is 0 Å². The first-order chi connectivity index (χ1) is 7.06. The maximum atomic E-state index is 9.64. The van der Waals surface area contributed by atoms with E-state index in [1.54, 1.807) is 0 Å². The van der Waals surface area contributed by atoms with Gasteiger partial charge in [0.1, 0.15) is 6.10 Å². The van der Waals surface area contributed by atoms with E-state index in [1.165, 1.54) is 12.3 Å². The Balaban J connectivity index is 2.81. The van der Waals surface area contributed by atoms with Gasteiger partial charge in [0.05, 0.1) is 6.10 Å². The Labute approximate surface area is 87.2 Å². The van der Waals surface area contributed by atoms with Crippen molar-refractivity contribution < 1.29 is 15.3 Å². The lowest BCUT2D eigenvalue weighted by Gasteiger charge is -2.17. The van der Waals surface area contributed by atoms with E-state index >= 15 is 0 Å². The molecule has 1 aromatic heterocycles. The highest BCUT2D eigenvalue weighted by atomic mass is 16.3. The average Bonchev–Trinajstić information content (AvgIpc) is 2.21. The van der Waals surface area contributed by atoms with Crippen molar-refractivity contribution in [2.24, 2.45) is 5.73 Å². The first-order valence-electron chi connectivity index (χ1n) is 4.57. The molecule has 0 fully saturated rings. The number of nitrogens with two attached hydrogens (primary N) is 2. The topological polar surface area (TPSA) is 126 Å². The summed E-state index contributed by atoms with van der Waals surface area (Å²) in [6.45, 7) is 0.270. The molecule has 1 aromatic rings. The molecule has 0 aliphatic carbocycles. The van der Waals surface area contributed by atoms with Gasteiger partial charge in [0.25, 0.3) is 0 Å². The summed E-state index contributed by atoms with van der Waals surface area (Å²) in [5.74, 6) is -0.231. The van der Waals surface area contributed by atoms with Crippen molar-refractivity contribution in [2.45, 2.75) is 18.6 Å². The van der Waals surface area contributed by atoms with Crippen LogP contribution in [0.1, 0.15) is 18.1 Å². The van der Waals surface area contributed by atoms with E-state index < -0.39 is 12.2 Å². The van der Waals surface area contributed by atoms with Crippen LogP contribution in [0.15, 0.2) is 12.3 Å². The molecule has 0 spiro atoms. The van der Waals surface area contributed by atoms with Crippen molar-refractivity contribution in [3.05, 3.63) is 17.8 Å². The lowest BCUT2D eigenvalue weighted by Crippen LogP contribution is -2.21. The van der Waals surface area contributed by atoms with Crippen LogP contribution in [-0.2, 0) is 0 Å². The predicted octanol–water partition coefficient (Wildman–Crippen LogP) is -0.888. The molecular weight excluding hydrogens is 198 g/mol. The summed E-state index contributed by atoms with van der Waals surface area (Å²) in [5, 5.41) is 28.4. The third-order valence-electron chi connectivity index (χ3n) is 2.09. The molecular formula is C9H15N3O3. The number of rotatable bonds is 4. The van der Waals surface area contributed by atoms with E-state index in [2.05, 4.69) is 4.98 Å². The number of aliphatic hydroxyl groups excluding tert-OH is 2. The van der Waals surface area contributed by atoms with Crippen molar-refractivity contribution in [3.63, 3.8) is 0 Å². The summed E-state index contributed by atoms with van der Waals surface area (Å²) in [4.78, 5) is 3.67. The van der Waals surface area contributed by atoms with Crippen LogP contribution in [0.25, 0.3) is 0 Å². The van der Waals surface area contributed by atoms with E-state index in [4.69, 9.17) is 11.5 Å². The van der Waals surface area contributed by atoms with Gasteiger partial charge in [0.2, 0.25) is 0 Å². The van der Waals surface area contributed by atoms with Crippen LogP contribution in [-0.4, -0.2) is 33.0 Å². The Hall–Kier alpha value is -1.37. The molecule has 0 radical (unpaired) electrons. The summed E-state index contributed by atoms with van der Waals surface area (Å²) >= 11 is 0. The van der Waals surface area contributed by atoms with Gasteiger partial charge in [-0.05, 0) is 19.0 Å². The number of hydrogen-bond donors (Lipinski definition) is 5. The highest BCUT2D eigenvalue weighted by Crippen LogP contribution is 2.24. The first kappa shape index (κ1) is 11.7. The molecule has 0 bridgehead atoms. The fraction of sp³-hybridized carbons (Fsp3) is 0.444. The van der Waals surface area contributed by atoms with Crippen LogP contribution in [0, 0.1) is 0 Å². The smallest absolute Gasteiger partial charge is 0.165 e. The monoisotopic (exact) mass is 213 g/mol. The van der Waals surface area contributed by atoms with Gasteiger partial charge in [-0.15, -0.1) is 0 Å². The molecule has 84 valence electrons. The van der Waals surface area contributed by atoms with Gasteiger partial charge in [-0.3, -0.25) is 0 Å². The predicted molar refractivity (Wildman–Crippen MR) is 55.0 cm³/mol. The minimum atomic E-state index is -1.12. The molecule has 0 aliphatic heterocycles. The number of aliphatic hydroxyl groups is 2. The Bertz CT molecular complexity index is 332. The van der Waals surface area contributed by atoms with Gasteiger partial charge in [-0.25, -0.2) is 4.98 Å². The van der Waals surface area contributed by atoms with Gasteiger partial charge in [0, 0.05) is 11.8 Å². The second kappa shape index (κ2) is 4.92. The van der Waals surface area contributed by atoms with Crippen LogP contribution in [0.5, 0.6) is 5.75 Å². The van der Waals surface area contributed by atoms with Gasteiger partial charge in [-0.2, -0.15) is 0 Å². The maximum absolute atomic E-state index is 9.64. The highest BCUT2D eigenvalue weighted by Gasteiger charge is 2.18. The van der Waals surface area contributed by atoms with Gasteiger partial charge < -0.3 is 26.8 Å². The van der Waals surface area contributed by atoms with E-state index in [-0.39, 0.29) is 24.5 Å². The molecule has 0 amide bonds. The number of anilines is 1. The Morgan fingerprint density at radius 3 is 2.60 bits per heavy atom. The average molecular weight is 213 g/mol. The molecule has 0 saturated carbocycles. The molecule has 7 N–H and O–H groups in total. The molecule has 2 unspecified atom stereocenters. The number of aromatic hydroxyl groups is 1. The fourth-order valence-electron chi connectivity index (χ4n) is 1.19. The zero-order valence-electron chi connectivity index (χ0n) is 8.17. The summed E-state index contributed by atoms with van der Waals surface area (Å²) in [6.07, 6.45) is -0.515. The van der Waals surface area contributed by atoms with Crippen LogP contribution < -0.4 is 11.5 Å². The van der Waals surface area contributed by atoms with Crippen molar-refractivity contribution >= 4 is 5.82 Å². The molecule has 15 heavy (non-hydrogen) atoms. The molecule has 1 heterocycles. The summed E-state index contributed by atoms with van der Waals surface area (Å²) in [6, 6.07) is 1.27. The van der Waals surface area contributed by atoms with E-state index in [0.29, 0.717) is 5.56 Å². The molecule has 2 atom stereocenters. The fourth-order valence-corrected chi connectivity index (χ4v) is 1.19. The second-order valence-electron chi connectivity index (χ2n) is 3.26. The SMILES string of the molecule is NCCC(O)C(O)c1cnc(N)c(O)c1. The Morgan fingerprint density at radius 1 is 1.40 bits per heavy atom. The van der Waals surface area contributed by atoms with Gasteiger partial charge in [-0.1, -0.05) is 0 Å². The quantitative estimate of drug-likeness (QED) is 0.442. The van der Waals surface area contributed by atoms with E-state index in [9.17, 15) is 15.3 Å². The van der Waals surface area contributed by atoms with Crippen molar-refractivity contribution in [2.75, 3.05) is 12.3 Å². The number of hydrogen-bond acceptors (Lipinski definition) is 6. The third kappa shape index (κ3) is 2.79. The highest BCUT2D eigenvalue weighted by molar-refractivity contribution is 5.46. The summed E-state index contributed by atoms with van der Waals surface area (Å²) in [7, 11) is 0. The largest absolute Gasteiger partial charge is 0.504 e. The molecule has 0 aliphatic rings. The standard InChI is InChI=1S/C9H15N3O3/c10-2-1-6(13)8(15)5-3-7(14)9(11)12-4-5/h3-4,6,8,13-15H,1-2,10H2,(H2,11,12). The van der Waals surface area contributed by atoms with Crippen molar-refractivity contribution in [1.82, 2.24) is 4.98 Å². The molecule has 1 rings (SSSR count). The lowest BCUT2D eigenvalue weighted by molar-refractivity contribution is 0.0147. The number of pyridine rings is 1. The van der Waals surface area contributed by atoms with Crippen molar-refractivity contribution in [1.29, 1.82) is 0 Å². The molecule has 6 heteroatoms.